The quantitative estimate of drug-likeness (QED) is 0.277. The lowest BCUT2D eigenvalue weighted by atomic mass is 10.0. The summed E-state index contributed by atoms with van der Waals surface area (Å²) in [6, 6.07) is 10.3. The minimum Gasteiger partial charge on any atom is -0.289 e. The third-order valence-corrected chi connectivity index (χ3v) is 11.0. The Hall–Kier alpha value is -2.22. The first-order chi connectivity index (χ1) is 15.7. The normalized spacial score (nSPS) is 14.4. The number of allylic oxidation sites excluding steroid dienone is 3. The third-order valence-electron chi connectivity index (χ3n) is 4.91. The van der Waals surface area contributed by atoms with Gasteiger partial charge >= 0.3 is 0 Å². The number of hydrogen-bond donors (Lipinski definition) is 2. The van der Waals surface area contributed by atoms with Crippen LogP contribution in [0.25, 0.3) is 0 Å². The lowest BCUT2D eigenvalue weighted by Crippen LogP contribution is -2.35. The molecule has 0 radical (unpaired) electrons. The van der Waals surface area contributed by atoms with Gasteiger partial charge in [0.05, 0.1) is 4.90 Å². The first-order valence-electron chi connectivity index (χ1n) is 9.88. The van der Waals surface area contributed by atoms with Crippen LogP contribution in [0.4, 0.5) is 0 Å². The third kappa shape index (κ3) is 6.02. The van der Waals surface area contributed by atoms with Crippen molar-refractivity contribution in [2.45, 2.75) is 32.6 Å². The standard InChI is InChI=1S/C21H22N2O6S4/c24-19(22-25)13-15-23(14-12-16-6-4-5-9-18(16)30)33(28,29)21-11-10-20(31-21)32(26,27)17-7-2-1-3-8-17/h1-8,10-11,25H,9,12-15H2,(H,22,24). The van der Waals surface area contributed by atoms with Crippen LogP contribution in [0.3, 0.4) is 0 Å². The molecular weight excluding hydrogens is 505 g/mol. The Bertz CT molecular complexity index is 1300. The molecule has 0 aliphatic heterocycles. The van der Waals surface area contributed by atoms with E-state index in [0.717, 1.165) is 14.7 Å². The molecule has 2 N–H and O–H groups in total. The van der Waals surface area contributed by atoms with Crippen molar-refractivity contribution in [3.8, 4) is 0 Å². The van der Waals surface area contributed by atoms with Crippen LogP contribution >= 0.6 is 23.6 Å². The zero-order valence-corrected chi connectivity index (χ0v) is 20.6. The molecule has 1 aromatic carbocycles. The van der Waals surface area contributed by atoms with Crippen LogP contribution in [0.5, 0.6) is 0 Å². The molecule has 12 heteroatoms. The first kappa shape index (κ1) is 25.4. The van der Waals surface area contributed by atoms with Gasteiger partial charge in [0.25, 0.3) is 10.0 Å². The van der Waals surface area contributed by atoms with Gasteiger partial charge in [0.2, 0.25) is 15.7 Å². The van der Waals surface area contributed by atoms with E-state index in [1.807, 2.05) is 18.2 Å². The van der Waals surface area contributed by atoms with Gasteiger partial charge < -0.3 is 0 Å². The number of sulfonamides is 1. The highest BCUT2D eigenvalue weighted by molar-refractivity contribution is 7.95. The maximum atomic E-state index is 13.3. The Morgan fingerprint density at radius 3 is 2.42 bits per heavy atom. The average Bonchev–Trinajstić information content (AvgIpc) is 3.32. The van der Waals surface area contributed by atoms with Gasteiger partial charge in [0.15, 0.2) is 0 Å². The van der Waals surface area contributed by atoms with E-state index < -0.39 is 25.8 Å². The first-order valence-corrected chi connectivity index (χ1v) is 14.0. The van der Waals surface area contributed by atoms with E-state index in [4.69, 9.17) is 17.4 Å². The second-order valence-electron chi connectivity index (χ2n) is 7.08. The van der Waals surface area contributed by atoms with Crippen molar-refractivity contribution in [1.29, 1.82) is 0 Å². The van der Waals surface area contributed by atoms with E-state index >= 15 is 0 Å². The molecule has 0 unspecified atom stereocenters. The summed E-state index contributed by atoms with van der Waals surface area (Å²) in [4.78, 5) is 12.3. The van der Waals surface area contributed by atoms with Crippen molar-refractivity contribution in [1.82, 2.24) is 9.79 Å². The summed E-state index contributed by atoms with van der Waals surface area (Å²) >= 11 is 5.99. The van der Waals surface area contributed by atoms with Crippen molar-refractivity contribution < 1.29 is 26.8 Å². The van der Waals surface area contributed by atoms with Gasteiger partial charge in [-0.1, -0.05) is 48.6 Å². The second kappa shape index (κ2) is 10.8. The molecule has 2 aromatic rings. The van der Waals surface area contributed by atoms with Crippen LogP contribution in [0, 0.1) is 0 Å². The highest BCUT2D eigenvalue weighted by Crippen LogP contribution is 2.32. The van der Waals surface area contributed by atoms with Crippen LogP contribution in [0.15, 0.2) is 79.6 Å². The van der Waals surface area contributed by atoms with E-state index in [2.05, 4.69) is 0 Å². The average molecular weight is 527 g/mol. The Balaban J connectivity index is 1.87. The molecule has 0 bridgehead atoms. The van der Waals surface area contributed by atoms with E-state index in [1.165, 1.54) is 29.7 Å². The number of benzene rings is 1. The fourth-order valence-electron chi connectivity index (χ4n) is 3.11. The van der Waals surface area contributed by atoms with E-state index in [1.54, 1.807) is 18.2 Å². The number of rotatable bonds is 10. The molecule has 1 amide bonds. The van der Waals surface area contributed by atoms with Crippen molar-refractivity contribution in [3.05, 3.63) is 66.3 Å². The Kier molecular flexibility index (Phi) is 8.32. The Morgan fingerprint density at radius 2 is 1.76 bits per heavy atom. The molecular formula is C21H22N2O6S4. The summed E-state index contributed by atoms with van der Waals surface area (Å²) in [6.07, 6.45) is 6.26. The molecule has 1 aliphatic carbocycles. The molecule has 0 saturated carbocycles. The van der Waals surface area contributed by atoms with Gasteiger partial charge in [-0.25, -0.2) is 22.3 Å². The smallest absolute Gasteiger partial charge is 0.252 e. The summed E-state index contributed by atoms with van der Waals surface area (Å²) in [6.45, 7) is -0.150. The summed E-state index contributed by atoms with van der Waals surface area (Å²) in [7, 11) is -7.97. The highest BCUT2D eigenvalue weighted by Gasteiger charge is 2.29. The number of carbonyl (C=O) groups is 1. The predicted octanol–water partition coefficient (Wildman–Crippen LogP) is 3.11. The predicted molar refractivity (Wildman–Crippen MR) is 129 cm³/mol. The van der Waals surface area contributed by atoms with Crippen molar-refractivity contribution in [3.63, 3.8) is 0 Å². The topological polar surface area (TPSA) is 121 Å². The molecule has 1 heterocycles. The summed E-state index contributed by atoms with van der Waals surface area (Å²) in [5, 5.41) is 8.77. The maximum absolute atomic E-state index is 13.3. The SMILES string of the molecule is O=C(CCN(CCC1=CC=CCC1=S)S(=O)(=O)c1ccc(S(=O)(=O)c2ccccc2)s1)NO. The Labute approximate surface area is 202 Å². The minimum absolute atomic E-state index is 0.0412. The zero-order chi connectivity index (χ0) is 24.1. The Morgan fingerprint density at radius 1 is 1.06 bits per heavy atom. The van der Waals surface area contributed by atoms with Crippen molar-refractivity contribution >= 4 is 54.2 Å². The van der Waals surface area contributed by atoms with Gasteiger partial charge in [-0.2, -0.15) is 4.31 Å². The van der Waals surface area contributed by atoms with Gasteiger partial charge in [0, 0.05) is 30.8 Å². The van der Waals surface area contributed by atoms with Crippen LogP contribution in [-0.4, -0.2) is 50.2 Å². The number of hydrogen-bond acceptors (Lipinski definition) is 8. The molecule has 3 rings (SSSR count). The van der Waals surface area contributed by atoms with Gasteiger partial charge in [-0.3, -0.25) is 10.0 Å². The molecule has 0 fully saturated rings. The number of thiocarbonyl (C=S) groups is 1. The minimum atomic E-state index is -4.11. The summed E-state index contributed by atoms with van der Waals surface area (Å²) in [5.74, 6) is -0.732. The van der Waals surface area contributed by atoms with E-state index in [9.17, 15) is 21.6 Å². The van der Waals surface area contributed by atoms with Gasteiger partial charge in [-0.15, -0.1) is 11.3 Å². The number of thiophene rings is 1. The fraction of sp³-hybridized carbons (Fsp3) is 0.238. The highest BCUT2D eigenvalue weighted by atomic mass is 32.3. The molecule has 0 atom stereocenters. The number of carbonyl (C=O) groups excluding carboxylic acids is 1. The van der Waals surface area contributed by atoms with Crippen LogP contribution < -0.4 is 5.48 Å². The van der Waals surface area contributed by atoms with Gasteiger partial charge in [0.1, 0.15) is 8.42 Å². The number of hydroxylamine groups is 1. The lowest BCUT2D eigenvalue weighted by Gasteiger charge is -2.22. The molecule has 33 heavy (non-hydrogen) atoms. The number of nitrogens with zero attached hydrogens (tertiary/aromatic N) is 1. The van der Waals surface area contributed by atoms with Crippen molar-refractivity contribution in [2.24, 2.45) is 0 Å². The summed E-state index contributed by atoms with van der Waals surface area (Å²) in [5.41, 5.74) is 2.32. The number of amides is 1. The second-order valence-corrected chi connectivity index (χ2v) is 13.0. The lowest BCUT2D eigenvalue weighted by molar-refractivity contribution is -0.129. The van der Waals surface area contributed by atoms with E-state index in [-0.39, 0.29) is 32.8 Å². The fourth-order valence-corrected chi connectivity index (χ4v) is 8.17. The van der Waals surface area contributed by atoms with Crippen LogP contribution in [0.1, 0.15) is 19.3 Å². The molecule has 0 spiro atoms. The number of sulfone groups is 1. The largest absolute Gasteiger partial charge is 0.289 e. The number of nitrogens with one attached hydrogen (secondary N) is 1. The van der Waals surface area contributed by atoms with Crippen molar-refractivity contribution in [2.75, 3.05) is 13.1 Å². The molecule has 1 aromatic heterocycles. The molecule has 0 saturated heterocycles. The van der Waals surface area contributed by atoms with Gasteiger partial charge in [-0.05, 0) is 36.3 Å². The zero-order valence-electron chi connectivity index (χ0n) is 17.4. The molecule has 8 nitrogen and oxygen atoms in total. The maximum Gasteiger partial charge on any atom is 0.252 e. The molecule has 176 valence electrons. The monoisotopic (exact) mass is 526 g/mol. The van der Waals surface area contributed by atoms with Crippen LogP contribution in [0.2, 0.25) is 0 Å². The van der Waals surface area contributed by atoms with E-state index in [0.29, 0.717) is 24.2 Å². The molecule has 1 aliphatic rings. The summed E-state index contributed by atoms with van der Waals surface area (Å²) < 4.78 is 53.3. The van der Waals surface area contributed by atoms with Crippen LogP contribution in [-0.2, 0) is 24.7 Å².